The summed E-state index contributed by atoms with van der Waals surface area (Å²) in [5.74, 6) is -0.368. The predicted molar refractivity (Wildman–Crippen MR) is 220 cm³/mol. The minimum absolute atomic E-state index is 0.00883. The number of benzene rings is 4. The second kappa shape index (κ2) is 15.8. The third-order valence-corrected chi connectivity index (χ3v) is 12.9. The van der Waals surface area contributed by atoms with Crippen molar-refractivity contribution in [2.45, 2.75) is 64.2 Å². The zero-order valence-corrected chi connectivity index (χ0v) is 33.4. The van der Waals surface area contributed by atoms with E-state index in [1.54, 1.807) is 0 Å². The normalized spacial score (nSPS) is 17.7. The number of unbranched alkanes of at least 4 members (excludes halogenated alkanes) is 2. The summed E-state index contributed by atoms with van der Waals surface area (Å²) >= 11 is 0. The Morgan fingerprint density at radius 1 is 0.704 bits per heavy atom. The first-order valence-electron chi connectivity index (χ1n) is 18.6. The molecule has 0 bridgehead atoms. The van der Waals surface area contributed by atoms with Crippen LogP contribution >= 0.6 is 0 Å². The number of allylic oxidation sites excluding steroid dienone is 8. The van der Waals surface area contributed by atoms with E-state index in [-0.39, 0.29) is 22.3 Å². The van der Waals surface area contributed by atoms with Crippen molar-refractivity contribution in [3.8, 4) is 0 Å². The Balaban J connectivity index is 1.25. The molecule has 4 aromatic carbocycles. The van der Waals surface area contributed by atoms with Gasteiger partial charge in [-0.05, 0) is 78.4 Å². The van der Waals surface area contributed by atoms with Crippen LogP contribution in [0.2, 0.25) is 0 Å². The van der Waals surface area contributed by atoms with Crippen LogP contribution in [0.3, 0.4) is 0 Å². The van der Waals surface area contributed by atoms with E-state index in [9.17, 15) is 21.4 Å². The van der Waals surface area contributed by atoms with Gasteiger partial charge in [-0.2, -0.15) is 13.0 Å². The lowest BCUT2D eigenvalue weighted by molar-refractivity contribution is -0.438. The van der Waals surface area contributed by atoms with Gasteiger partial charge in [-0.1, -0.05) is 98.8 Å². The summed E-state index contributed by atoms with van der Waals surface area (Å²) in [4.78, 5) is 2.27. The molecule has 0 spiro atoms. The van der Waals surface area contributed by atoms with Crippen molar-refractivity contribution in [3.05, 3.63) is 132 Å². The molecular formula is C44H50N2O6S2. The van der Waals surface area contributed by atoms with Crippen molar-refractivity contribution in [3.63, 3.8) is 0 Å². The lowest BCUT2D eigenvalue weighted by atomic mass is 9.79. The number of fused-ring (bicyclic) bond motifs is 6. The Morgan fingerprint density at radius 2 is 1.31 bits per heavy atom. The zero-order valence-electron chi connectivity index (χ0n) is 31.8. The van der Waals surface area contributed by atoms with Gasteiger partial charge >= 0.3 is 0 Å². The number of anilines is 1. The highest BCUT2D eigenvalue weighted by atomic mass is 32.2. The van der Waals surface area contributed by atoms with E-state index in [4.69, 9.17) is 0 Å². The van der Waals surface area contributed by atoms with Gasteiger partial charge in [-0.15, -0.1) is 0 Å². The molecule has 0 N–H and O–H groups in total. The summed E-state index contributed by atoms with van der Waals surface area (Å²) in [6.45, 7) is 10.2. The fourth-order valence-electron chi connectivity index (χ4n) is 8.22. The van der Waals surface area contributed by atoms with E-state index >= 15 is 0 Å². The van der Waals surface area contributed by atoms with E-state index < -0.39 is 20.2 Å². The topological polar surface area (TPSA) is 107 Å². The zero-order chi connectivity index (χ0) is 38.7. The number of nitrogens with zero attached hydrogens (tertiary/aromatic N) is 2. The third kappa shape index (κ3) is 8.17. The first-order valence-corrected chi connectivity index (χ1v) is 21.7. The van der Waals surface area contributed by atoms with Gasteiger partial charge in [0, 0.05) is 53.2 Å². The molecule has 0 unspecified atom stereocenters. The minimum atomic E-state index is -4.26. The maximum atomic E-state index is 12.0. The maximum Gasteiger partial charge on any atom is 0.267 e. The number of hydrogen-bond acceptors (Lipinski definition) is 7. The second-order valence-corrected chi connectivity index (χ2v) is 18.5. The Morgan fingerprint density at radius 3 is 2.00 bits per heavy atom. The monoisotopic (exact) mass is 766 g/mol. The first-order chi connectivity index (χ1) is 25.7. The lowest BCUT2D eigenvalue weighted by Gasteiger charge is -2.27. The van der Waals surface area contributed by atoms with Gasteiger partial charge in [-0.3, -0.25) is 4.18 Å². The lowest BCUT2D eigenvalue weighted by Crippen LogP contribution is -2.28. The van der Waals surface area contributed by atoms with E-state index in [1.807, 2.05) is 30.4 Å². The van der Waals surface area contributed by atoms with Crippen molar-refractivity contribution in [2.24, 2.45) is 0 Å². The van der Waals surface area contributed by atoms with Crippen molar-refractivity contribution >= 4 is 58.9 Å². The molecule has 4 aromatic rings. The van der Waals surface area contributed by atoms with Crippen LogP contribution < -0.4 is 4.90 Å². The fraction of sp³-hybridized carbons (Fsp3) is 0.341. The van der Waals surface area contributed by atoms with E-state index in [0.29, 0.717) is 38.8 Å². The smallest absolute Gasteiger partial charge is 0.267 e. The van der Waals surface area contributed by atoms with Gasteiger partial charge in [0.15, 0.2) is 5.71 Å². The van der Waals surface area contributed by atoms with Crippen molar-refractivity contribution in [1.29, 1.82) is 0 Å². The third-order valence-electron chi connectivity index (χ3n) is 10.8. The quantitative estimate of drug-likeness (QED) is 0.0392. The molecular weight excluding hydrogens is 717 g/mol. The van der Waals surface area contributed by atoms with Crippen molar-refractivity contribution in [2.75, 3.05) is 36.6 Å². The fourth-order valence-corrected chi connectivity index (χ4v) is 9.50. The van der Waals surface area contributed by atoms with Gasteiger partial charge in [0.25, 0.3) is 10.1 Å². The van der Waals surface area contributed by atoms with E-state index in [2.05, 4.69) is 126 Å². The molecule has 0 fully saturated rings. The minimum Gasteiger partial charge on any atom is -0.748 e. The standard InChI is InChI=1S/C44H50N2O6S2/c1-43(2)39(45(29-15-17-31-53(47,48)49)37-27-25-33-19-11-13-21-35(33)41(37)43)23-9-7-6-8-10-24-40-44(3,4)42-36-22-14-12-20-34(36)26-28-38(42)46(40)30-16-18-32-54(50,51)52-5/h6-14,19-28H,15-18,29-32H2,1-5H3. The van der Waals surface area contributed by atoms with Crippen molar-refractivity contribution < 1.29 is 30.1 Å². The summed E-state index contributed by atoms with van der Waals surface area (Å²) in [7, 11) is -6.56. The molecule has 0 aliphatic carbocycles. The summed E-state index contributed by atoms with van der Waals surface area (Å²) < 4.78 is 64.7. The van der Waals surface area contributed by atoms with E-state index in [1.165, 1.54) is 39.8 Å². The molecule has 0 aromatic heterocycles. The highest BCUT2D eigenvalue weighted by Gasteiger charge is 2.45. The first kappa shape index (κ1) is 39.3. The van der Waals surface area contributed by atoms with Crippen molar-refractivity contribution in [1.82, 2.24) is 0 Å². The molecule has 2 aliphatic rings. The Labute approximate surface area is 320 Å². The van der Waals surface area contributed by atoms with Crippen LogP contribution in [0.5, 0.6) is 0 Å². The summed E-state index contributed by atoms with van der Waals surface area (Å²) in [5, 5.41) is 4.78. The molecule has 2 aliphatic heterocycles. The molecule has 8 nitrogen and oxygen atoms in total. The second-order valence-electron chi connectivity index (χ2n) is 15.1. The molecule has 6 rings (SSSR count). The van der Waals surface area contributed by atoms with Gasteiger partial charge in [0.05, 0.1) is 28.4 Å². The Bertz CT molecular complexity index is 2440. The van der Waals surface area contributed by atoms with Crippen LogP contribution in [-0.4, -0.2) is 63.4 Å². The molecule has 0 atom stereocenters. The molecule has 10 heteroatoms. The highest BCUT2D eigenvalue weighted by molar-refractivity contribution is 7.86. The predicted octanol–water partition coefficient (Wildman–Crippen LogP) is 8.80. The average molecular weight is 767 g/mol. The van der Waals surface area contributed by atoms with Crippen LogP contribution in [0.25, 0.3) is 21.5 Å². The van der Waals surface area contributed by atoms with Crippen LogP contribution in [0.4, 0.5) is 11.4 Å². The van der Waals surface area contributed by atoms with Gasteiger partial charge in [0.2, 0.25) is 5.69 Å². The molecule has 0 radical (unpaired) electrons. The Hall–Kier alpha value is -4.35. The van der Waals surface area contributed by atoms with E-state index in [0.717, 1.165) is 22.8 Å². The van der Waals surface area contributed by atoms with Crippen LogP contribution in [-0.2, 0) is 35.2 Å². The van der Waals surface area contributed by atoms with Gasteiger partial charge in [0.1, 0.15) is 6.54 Å². The molecule has 0 amide bonds. The van der Waals surface area contributed by atoms with Gasteiger partial charge in [-0.25, -0.2) is 8.42 Å². The molecule has 0 saturated carbocycles. The van der Waals surface area contributed by atoms with Gasteiger partial charge < -0.3 is 9.45 Å². The maximum absolute atomic E-state index is 12.0. The SMILES string of the molecule is COS(=O)(=O)CCCC[N+]1=C(/C=C/C=C/C=C/C=C2\N(CCCCS(=O)(=O)[O-])c3ccc4ccccc4c3C2(C)C)C(C)(C)c2c1ccc1ccccc21. The summed E-state index contributed by atoms with van der Waals surface area (Å²) in [5.41, 5.74) is 6.44. The van der Waals surface area contributed by atoms with Crippen LogP contribution in [0.1, 0.15) is 64.5 Å². The van der Waals surface area contributed by atoms with Crippen LogP contribution in [0.15, 0.2) is 121 Å². The number of rotatable bonds is 15. The largest absolute Gasteiger partial charge is 0.748 e. The molecule has 54 heavy (non-hydrogen) atoms. The Kier molecular flexibility index (Phi) is 11.5. The summed E-state index contributed by atoms with van der Waals surface area (Å²) in [6, 6.07) is 25.4. The molecule has 0 saturated heterocycles. The summed E-state index contributed by atoms with van der Waals surface area (Å²) in [6.07, 6.45) is 16.5. The molecule has 284 valence electrons. The highest BCUT2D eigenvalue weighted by Crippen LogP contribution is 2.51. The number of hydrogen-bond donors (Lipinski definition) is 0. The van der Waals surface area contributed by atoms with Crippen LogP contribution in [0, 0.1) is 0 Å². The molecule has 2 heterocycles. The average Bonchev–Trinajstić information content (AvgIpc) is 3.49.